The van der Waals surface area contributed by atoms with Crippen molar-refractivity contribution in [3.05, 3.63) is 23.5 Å². The van der Waals surface area contributed by atoms with E-state index in [2.05, 4.69) is 5.32 Å². The number of carbonyl (C=O) groups excluding carboxylic acids is 1. The number of anilines is 2. The van der Waals surface area contributed by atoms with Gasteiger partial charge in [-0.3, -0.25) is 4.79 Å². The molecule has 18 heavy (non-hydrogen) atoms. The van der Waals surface area contributed by atoms with Crippen LogP contribution in [-0.2, 0) is 4.79 Å². The highest BCUT2D eigenvalue weighted by Gasteiger charge is 2.19. The summed E-state index contributed by atoms with van der Waals surface area (Å²) in [6, 6.07) is 2.80. The normalized spacial score (nSPS) is 15.9. The predicted molar refractivity (Wildman–Crippen MR) is 70.8 cm³/mol. The third-order valence-electron chi connectivity index (χ3n) is 3.67. The quantitative estimate of drug-likeness (QED) is 0.809. The highest BCUT2D eigenvalue weighted by Crippen LogP contribution is 2.29. The van der Waals surface area contributed by atoms with Gasteiger partial charge in [-0.15, -0.1) is 0 Å². The van der Waals surface area contributed by atoms with Gasteiger partial charge in [-0.25, -0.2) is 4.39 Å². The molecule has 98 valence electrons. The molecule has 1 aromatic carbocycles. The molecule has 0 saturated heterocycles. The van der Waals surface area contributed by atoms with Crippen LogP contribution in [0.25, 0.3) is 0 Å². The first-order chi connectivity index (χ1) is 8.58. The maximum absolute atomic E-state index is 13.6. The van der Waals surface area contributed by atoms with Crippen molar-refractivity contribution in [2.75, 3.05) is 11.1 Å². The summed E-state index contributed by atoms with van der Waals surface area (Å²) in [4.78, 5) is 11.9. The summed E-state index contributed by atoms with van der Waals surface area (Å²) in [7, 11) is 0. The molecule has 2 rings (SSSR count). The maximum Gasteiger partial charge on any atom is 0.224 e. The number of benzene rings is 1. The van der Waals surface area contributed by atoms with Crippen LogP contribution < -0.4 is 11.1 Å². The molecule has 3 nitrogen and oxygen atoms in total. The van der Waals surface area contributed by atoms with Crippen LogP contribution in [0.15, 0.2) is 12.1 Å². The van der Waals surface area contributed by atoms with E-state index in [1.54, 1.807) is 6.92 Å². The molecule has 0 heterocycles. The first-order valence-corrected chi connectivity index (χ1v) is 6.42. The molecule has 1 aromatic rings. The number of carbonyl (C=O) groups is 1. The molecule has 3 N–H and O–H groups in total. The third kappa shape index (κ3) is 2.81. The van der Waals surface area contributed by atoms with Crippen molar-refractivity contribution in [2.24, 2.45) is 5.92 Å². The topological polar surface area (TPSA) is 55.1 Å². The van der Waals surface area contributed by atoms with Crippen molar-refractivity contribution in [1.82, 2.24) is 0 Å². The fraction of sp³-hybridized carbons (Fsp3) is 0.500. The maximum atomic E-state index is 13.6. The van der Waals surface area contributed by atoms with Crippen molar-refractivity contribution in [3.63, 3.8) is 0 Å². The van der Waals surface area contributed by atoms with Crippen LogP contribution in [0.5, 0.6) is 0 Å². The molecule has 0 unspecified atom stereocenters. The van der Waals surface area contributed by atoms with Gasteiger partial charge >= 0.3 is 0 Å². The minimum absolute atomic E-state index is 0.116. The van der Waals surface area contributed by atoms with Crippen molar-refractivity contribution < 1.29 is 9.18 Å². The zero-order valence-electron chi connectivity index (χ0n) is 10.6. The van der Waals surface area contributed by atoms with Crippen LogP contribution in [-0.4, -0.2) is 5.91 Å². The van der Waals surface area contributed by atoms with Gasteiger partial charge in [-0.1, -0.05) is 12.8 Å². The zero-order valence-corrected chi connectivity index (χ0v) is 10.6. The van der Waals surface area contributed by atoms with Gasteiger partial charge in [0.1, 0.15) is 5.82 Å². The summed E-state index contributed by atoms with van der Waals surface area (Å²) >= 11 is 0. The molecular formula is C14H19FN2O. The average molecular weight is 250 g/mol. The Labute approximate surface area is 107 Å². The number of rotatable bonds is 3. The van der Waals surface area contributed by atoms with Gasteiger partial charge in [0.25, 0.3) is 0 Å². The molecule has 0 spiro atoms. The molecular weight excluding hydrogens is 231 g/mol. The monoisotopic (exact) mass is 250 g/mol. The van der Waals surface area contributed by atoms with Crippen LogP contribution in [0, 0.1) is 18.7 Å². The highest BCUT2D eigenvalue weighted by molar-refractivity contribution is 5.92. The van der Waals surface area contributed by atoms with Crippen molar-refractivity contribution >= 4 is 17.3 Å². The zero-order chi connectivity index (χ0) is 13.1. The summed E-state index contributed by atoms with van der Waals surface area (Å²) in [5.74, 6) is -0.0922. The lowest BCUT2D eigenvalue weighted by atomic mass is 10.0. The van der Waals surface area contributed by atoms with Gasteiger partial charge in [-0.05, 0) is 43.4 Å². The van der Waals surface area contributed by atoms with Crippen LogP contribution in [0.1, 0.15) is 37.7 Å². The van der Waals surface area contributed by atoms with Crippen LogP contribution in [0.2, 0.25) is 0 Å². The Bertz CT molecular complexity index is 453. The van der Waals surface area contributed by atoms with E-state index in [1.165, 1.54) is 25.0 Å². The SMILES string of the molecule is Cc1c(N)ccc(F)c1NC(=O)CC1CCCC1. The summed E-state index contributed by atoms with van der Waals surface area (Å²) in [5.41, 5.74) is 7.02. The van der Waals surface area contributed by atoms with E-state index >= 15 is 0 Å². The number of hydrogen-bond acceptors (Lipinski definition) is 2. The van der Waals surface area contributed by atoms with E-state index < -0.39 is 5.82 Å². The minimum Gasteiger partial charge on any atom is -0.398 e. The second-order valence-corrected chi connectivity index (χ2v) is 5.04. The fourth-order valence-electron chi connectivity index (χ4n) is 2.52. The lowest BCUT2D eigenvalue weighted by molar-refractivity contribution is -0.117. The molecule has 0 radical (unpaired) electrons. The Morgan fingerprint density at radius 3 is 2.78 bits per heavy atom. The predicted octanol–water partition coefficient (Wildman–Crippen LogP) is 3.24. The number of halogens is 1. The second kappa shape index (κ2) is 5.38. The molecule has 0 bridgehead atoms. The number of hydrogen-bond donors (Lipinski definition) is 2. The molecule has 1 aliphatic carbocycles. The largest absolute Gasteiger partial charge is 0.398 e. The molecule has 1 fully saturated rings. The van der Waals surface area contributed by atoms with Crippen LogP contribution in [0.4, 0.5) is 15.8 Å². The number of nitrogen functional groups attached to an aromatic ring is 1. The van der Waals surface area contributed by atoms with Gasteiger partial charge < -0.3 is 11.1 Å². The van der Waals surface area contributed by atoms with E-state index in [0.29, 0.717) is 23.6 Å². The lowest BCUT2D eigenvalue weighted by Crippen LogP contribution is -2.17. The van der Waals surface area contributed by atoms with E-state index in [1.807, 2.05) is 0 Å². The van der Waals surface area contributed by atoms with Gasteiger partial charge in [-0.2, -0.15) is 0 Å². The van der Waals surface area contributed by atoms with Gasteiger partial charge in [0, 0.05) is 12.1 Å². The van der Waals surface area contributed by atoms with Crippen LogP contribution >= 0.6 is 0 Å². The van der Waals surface area contributed by atoms with Gasteiger partial charge in [0.05, 0.1) is 5.69 Å². The standard InChI is InChI=1S/C14H19FN2O/c1-9-12(16)7-6-11(15)14(9)17-13(18)8-10-4-2-3-5-10/h6-7,10H,2-5,8,16H2,1H3,(H,17,18). The van der Waals surface area contributed by atoms with Crippen LogP contribution in [0.3, 0.4) is 0 Å². The minimum atomic E-state index is -0.429. The van der Waals surface area contributed by atoms with Crippen molar-refractivity contribution in [2.45, 2.75) is 39.0 Å². The molecule has 0 atom stereocenters. The summed E-state index contributed by atoms with van der Waals surface area (Å²) < 4.78 is 13.6. The Kier molecular flexibility index (Phi) is 3.84. The van der Waals surface area contributed by atoms with Crippen molar-refractivity contribution in [1.29, 1.82) is 0 Å². The smallest absolute Gasteiger partial charge is 0.224 e. The molecule has 1 aliphatic rings. The summed E-state index contributed by atoms with van der Waals surface area (Å²) in [6.45, 7) is 1.71. The van der Waals surface area contributed by atoms with E-state index in [0.717, 1.165) is 12.8 Å². The molecule has 4 heteroatoms. The summed E-state index contributed by atoms with van der Waals surface area (Å²) in [5, 5.41) is 2.65. The Morgan fingerprint density at radius 1 is 1.44 bits per heavy atom. The number of amides is 1. The molecule has 1 amide bonds. The van der Waals surface area contributed by atoms with E-state index in [9.17, 15) is 9.18 Å². The van der Waals surface area contributed by atoms with Gasteiger partial charge in [0.2, 0.25) is 5.91 Å². The third-order valence-corrected chi connectivity index (χ3v) is 3.67. The highest BCUT2D eigenvalue weighted by atomic mass is 19.1. The van der Waals surface area contributed by atoms with E-state index in [4.69, 9.17) is 5.73 Å². The number of nitrogens with one attached hydrogen (secondary N) is 1. The Hall–Kier alpha value is -1.58. The molecule has 0 aliphatic heterocycles. The van der Waals surface area contributed by atoms with Crippen molar-refractivity contribution in [3.8, 4) is 0 Å². The summed E-state index contributed by atoms with van der Waals surface area (Å²) in [6.07, 6.45) is 5.08. The Balaban J connectivity index is 2.04. The van der Waals surface area contributed by atoms with Gasteiger partial charge in [0.15, 0.2) is 0 Å². The first kappa shape index (κ1) is 12.9. The lowest BCUT2D eigenvalue weighted by Gasteiger charge is -2.13. The van der Waals surface area contributed by atoms with E-state index in [-0.39, 0.29) is 11.6 Å². The average Bonchev–Trinajstić information content (AvgIpc) is 2.82. The fourth-order valence-corrected chi connectivity index (χ4v) is 2.52. The second-order valence-electron chi connectivity index (χ2n) is 5.04. The number of nitrogens with two attached hydrogens (primary N) is 1. The first-order valence-electron chi connectivity index (χ1n) is 6.42. The molecule has 0 aromatic heterocycles. The Morgan fingerprint density at radius 2 is 2.11 bits per heavy atom. The molecule has 1 saturated carbocycles.